The van der Waals surface area contributed by atoms with Crippen molar-refractivity contribution in [2.45, 2.75) is 0 Å². The van der Waals surface area contributed by atoms with Crippen molar-refractivity contribution in [2.24, 2.45) is 0 Å². The first-order chi connectivity index (χ1) is 56.6. The third-order valence-corrected chi connectivity index (χ3v) is 25.2. The van der Waals surface area contributed by atoms with Gasteiger partial charge in [-0.25, -0.2) is 0 Å². The van der Waals surface area contributed by atoms with Gasteiger partial charge in [0.25, 0.3) is 0 Å². The van der Waals surface area contributed by atoms with Crippen molar-refractivity contribution in [3.63, 3.8) is 0 Å². The van der Waals surface area contributed by atoms with Gasteiger partial charge in [-0.3, -0.25) is 0 Å². The molecule has 8 heterocycles. The highest BCUT2D eigenvalue weighted by Crippen LogP contribution is 2.54. The normalized spacial score (nSPS) is 12.4. The number of para-hydroxylation sites is 5. The molecular weight excluding hydrogens is 1380 g/mol. The molecule has 0 unspecified atom stereocenters. The van der Waals surface area contributed by atoms with Gasteiger partial charge in [0, 0.05) is 115 Å². The van der Waals surface area contributed by atoms with Crippen molar-refractivity contribution in [2.75, 3.05) is 9.80 Å². The Labute approximate surface area is 653 Å². The lowest BCUT2D eigenvalue weighted by Crippen LogP contribution is -2.10. The second-order valence-electron chi connectivity index (χ2n) is 31.0. The molecule has 8 aromatic heterocycles. The Bertz CT molecular complexity index is 8380. The lowest BCUT2D eigenvalue weighted by molar-refractivity contribution is 1.29. The number of benzene rings is 18. The Hall–Kier alpha value is -15.2. The van der Waals surface area contributed by atoms with E-state index < -0.39 is 0 Å². The number of rotatable bonds is 11. The quantitative estimate of drug-likeness (QED) is 0.129. The molecule has 526 valence electrons. The minimum absolute atomic E-state index is 1.09. The Morgan fingerprint density at radius 1 is 0.140 bits per heavy atom. The summed E-state index contributed by atoms with van der Waals surface area (Å²) in [5.41, 5.74) is 33.3. The van der Waals surface area contributed by atoms with Crippen LogP contribution in [0.2, 0.25) is 0 Å². The van der Waals surface area contributed by atoms with Crippen molar-refractivity contribution in [3.8, 4) is 55.6 Å². The van der Waals surface area contributed by atoms with E-state index in [4.69, 9.17) is 0 Å². The Morgan fingerprint density at radius 3 is 0.956 bits per heavy atom. The molecule has 0 aliphatic carbocycles. The molecule has 26 aromatic rings. The largest absolute Gasteiger partial charge is 0.310 e. The summed E-state index contributed by atoms with van der Waals surface area (Å²) in [6.45, 7) is 0. The smallest absolute Gasteiger partial charge is 0.0641 e. The summed E-state index contributed by atoms with van der Waals surface area (Å²) in [5, 5.41) is 20.0. The van der Waals surface area contributed by atoms with Crippen LogP contribution in [0.4, 0.5) is 34.1 Å². The van der Waals surface area contributed by atoms with Gasteiger partial charge in [0.15, 0.2) is 0 Å². The minimum atomic E-state index is 1.09. The fourth-order valence-electron chi connectivity index (χ4n) is 20.4. The first-order valence-corrected chi connectivity index (χ1v) is 39.5. The number of hydrogen-bond donors (Lipinski definition) is 0. The number of nitrogens with zero attached hydrogens (tertiary/aromatic N) is 6. The van der Waals surface area contributed by atoms with Crippen LogP contribution in [0.3, 0.4) is 0 Å². The summed E-state index contributed by atoms with van der Waals surface area (Å²) in [7, 11) is 0. The van der Waals surface area contributed by atoms with E-state index in [0.29, 0.717) is 0 Å². The second kappa shape index (κ2) is 23.2. The van der Waals surface area contributed by atoms with Crippen LogP contribution in [0.1, 0.15) is 0 Å². The van der Waals surface area contributed by atoms with Crippen LogP contribution in [-0.2, 0) is 0 Å². The van der Waals surface area contributed by atoms with Crippen LogP contribution >= 0.6 is 0 Å². The predicted molar refractivity (Wildman–Crippen MR) is 482 cm³/mol. The maximum absolute atomic E-state index is 2.60. The van der Waals surface area contributed by atoms with Crippen LogP contribution in [0.15, 0.2) is 388 Å². The fraction of sp³-hybridized carbons (Fsp3) is 0. The molecule has 0 aliphatic rings. The average Bonchev–Trinajstić information content (AvgIpc) is 1.51. The third-order valence-electron chi connectivity index (χ3n) is 25.2. The topological polar surface area (TPSA) is 24.1 Å². The van der Waals surface area contributed by atoms with Crippen LogP contribution in [0.5, 0.6) is 0 Å². The maximum Gasteiger partial charge on any atom is 0.0641 e. The molecular formula is C108H64N6. The molecule has 0 aliphatic heterocycles. The van der Waals surface area contributed by atoms with Gasteiger partial charge in [-0.05, 0) is 195 Å². The van der Waals surface area contributed by atoms with Crippen LogP contribution < -0.4 is 9.80 Å². The molecule has 18 aromatic carbocycles. The zero-order chi connectivity index (χ0) is 74.1. The molecule has 26 rings (SSSR count). The standard InChI is InChI=1S/C108H64N6/c1-7-23-65(24-8-1)71-45-52-95-85(57-71)87-59-73(66-25-9-2-10-26-66)61-91-101-98(111(95)104(87)91)55-50-82-81-49-54-97(100-84-36-20-22-38-94(84)114(106(81)100)107(82)101)110(77-33-17-6-18-34-77)78-47-43-69(44-48-78)68-39-41-70(42-40-68)72-46-53-96-86(58-72)88-60-74(67-27-11-3-12-28-67)62-92-102-99(112(96)105(88)92)56-51-83-90-64-79(109(75-29-13-4-14-30-75)76-31-15-5-16-32-76)63-89-80-35-19-21-37-93(80)113(103(89)90)108(83)102/h1-64H. The van der Waals surface area contributed by atoms with Gasteiger partial charge < -0.3 is 27.4 Å². The maximum atomic E-state index is 2.60. The molecule has 0 atom stereocenters. The zero-order valence-corrected chi connectivity index (χ0v) is 61.6. The summed E-state index contributed by atoms with van der Waals surface area (Å²) in [4.78, 5) is 4.87. The van der Waals surface area contributed by atoms with E-state index in [1.165, 1.54) is 197 Å². The summed E-state index contributed by atoms with van der Waals surface area (Å²) >= 11 is 0. The van der Waals surface area contributed by atoms with E-state index in [-0.39, 0.29) is 0 Å². The first-order valence-electron chi connectivity index (χ1n) is 39.5. The van der Waals surface area contributed by atoms with E-state index in [1.807, 2.05) is 0 Å². The van der Waals surface area contributed by atoms with Gasteiger partial charge in [-0.1, -0.05) is 249 Å². The van der Waals surface area contributed by atoms with E-state index in [0.717, 1.165) is 45.3 Å². The molecule has 114 heavy (non-hydrogen) atoms. The number of fused-ring (bicyclic) bond motifs is 26. The van der Waals surface area contributed by atoms with Crippen molar-refractivity contribution in [1.82, 2.24) is 17.6 Å². The second-order valence-corrected chi connectivity index (χ2v) is 31.0. The predicted octanol–water partition coefficient (Wildman–Crippen LogP) is 29.6. The van der Waals surface area contributed by atoms with Crippen molar-refractivity contribution in [3.05, 3.63) is 388 Å². The van der Waals surface area contributed by atoms with Crippen molar-refractivity contribution >= 4 is 187 Å². The zero-order valence-electron chi connectivity index (χ0n) is 61.6. The van der Waals surface area contributed by atoms with Gasteiger partial charge in [0.05, 0.1) is 71.9 Å². The number of anilines is 6. The van der Waals surface area contributed by atoms with Crippen LogP contribution in [0.25, 0.3) is 208 Å². The molecule has 6 nitrogen and oxygen atoms in total. The van der Waals surface area contributed by atoms with Gasteiger partial charge in [0.1, 0.15) is 0 Å². The number of aromatic nitrogens is 4. The van der Waals surface area contributed by atoms with Crippen molar-refractivity contribution in [1.29, 1.82) is 0 Å². The molecule has 6 heteroatoms. The summed E-state index contributed by atoms with van der Waals surface area (Å²) < 4.78 is 10.3. The highest BCUT2D eigenvalue weighted by Gasteiger charge is 2.31. The lowest BCUT2D eigenvalue weighted by Gasteiger charge is -2.26. The van der Waals surface area contributed by atoms with Crippen LogP contribution in [-0.4, -0.2) is 17.6 Å². The monoisotopic (exact) mass is 1440 g/mol. The van der Waals surface area contributed by atoms with E-state index in [1.54, 1.807) is 0 Å². The lowest BCUT2D eigenvalue weighted by atomic mass is 9.96. The van der Waals surface area contributed by atoms with Crippen LogP contribution in [0, 0.1) is 0 Å². The number of hydrogen-bond acceptors (Lipinski definition) is 2. The Balaban J connectivity index is 0.594. The van der Waals surface area contributed by atoms with Gasteiger partial charge >= 0.3 is 0 Å². The van der Waals surface area contributed by atoms with E-state index in [9.17, 15) is 0 Å². The minimum Gasteiger partial charge on any atom is -0.310 e. The van der Waals surface area contributed by atoms with E-state index >= 15 is 0 Å². The van der Waals surface area contributed by atoms with E-state index in [2.05, 4.69) is 416 Å². The SMILES string of the molecule is c1ccc(-c2ccc3c(c2)c2cc(-c4ccccc4)cc4c5c(ccc6c7ccc(N(c8ccccc8)c8ccc(-c9ccc(-c%10ccc%11c(c%10)c%10cc(-c%12ccccc%12)cc%12c%13c(ccc%14c%15cc(N(c%16ccccc%16)c%16ccccc%16)cc%16c%17ccccc%17n(c%16%15)c%14%13)n%11c%10%12)cc9)cc8)c8c9ccccc9n(c78)c65)n3c24)cc1. The molecule has 0 fully saturated rings. The molecule has 0 bridgehead atoms. The molecule has 0 amide bonds. The van der Waals surface area contributed by atoms with Gasteiger partial charge in [0.2, 0.25) is 0 Å². The van der Waals surface area contributed by atoms with Gasteiger partial charge in [-0.15, -0.1) is 0 Å². The summed E-state index contributed by atoms with van der Waals surface area (Å²) in [5.74, 6) is 0. The highest BCUT2D eigenvalue weighted by atomic mass is 15.2. The molecule has 0 saturated heterocycles. The van der Waals surface area contributed by atoms with Gasteiger partial charge in [-0.2, -0.15) is 0 Å². The Morgan fingerprint density at radius 2 is 0.447 bits per heavy atom. The Kier molecular flexibility index (Phi) is 12.5. The average molecular weight is 1450 g/mol. The molecule has 0 spiro atoms. The first kappa shape index (κ1) is 61.6. The molecule has 0 radical (unpaired) electrons. The molecule has 0 N–H and O–H groups in total. The molecule has 0 saturated carbocycles. The summed E-state index contributed by atoms with van der Waals surface area (Å²) in [6.07, 6.45) is 0. The third kappa shape index (κ3) is 8.46. The van der Waals surface area contributed by atoms with Crippen molar-refractivity contribution < 1.29 is 0 Å². The summed E-state index contributed by atoms with van der Waals surface area (Å²) in [6, 6.07) is 145. The fourth-order valence-corrected chi connectivity index (χ4v) is 20.4. The highest BCUT2D eigenvalue weighted by molar-refractivity contribution is 6.37.